The molecule has 0 saturated carbocycles. The molecule has 41 heavy (non-hydrogen) atoms. The van der Waals surface area contributed by atoms with E-state index in [1.54, 1.807) is 0 Å². The van der Waals surface area contributed by atoms with Crippen LogP contribution in [0.15, 0.2) is 12.2 Å². The van der Waals surface area contributed by atoms with Crippen molar-refractivity contribution in [3.8, 4) is 0 Å². The minimum Gasteiger partial charge on any atom is -0.462 e. The number of hydrogen-bond acceptors (Lipinski definition) is 8. The first-order valence-electron chi connectivity index (χ1n) is 16.2. The molecule has 0 aromatic rings. The molecule has 0 heterocycles. The first-order valence-corrected chi connectivity index (χ1v) is 17.7. The van der Waals surface area contributed by atoms with Crippen LogP contribution in [0.25, 0.3) is 0 Å². The fourth-order valence-electron chi connectivity index (χ4n) is 4.21. The summed E-state index contributed by atoms with van der Waals surface area (Å²) in [6.07, 6.45) is 24.0. The van der Waals surface area contributed by atoms with Gasteiger partial charge in [-0.3, -0.25) is 18.6 Å². The maximum absolute atomic E-state index is 12.4. The van der Waals surface area contributed by atoms with E-state index in [1.165, 1.54) is 57.8 Å². The van der Waals surface area contributed by atoms with Crippen molar-refractivity contribution in [3.05, 3.63) is 12.2 Å². The topological polar surface area (TPSA) is 134 Å². The number of nitrogens with two attached hydrogens (primary N) is 1. The van der Waals surface area contributed by atoms with Crippen molar-refractivity contribution in [1.29, 1.82) is 0 Å². The number of phosphoric ester groups is 1. The average Bonchev–Trinajstić information content (AvgIpc) is 2.95. The molecule has 242 valence electrons. The van der Waals surface area contributed by atoms with Crippen molar-refractivity contribution in [2.45, 2.75) is 148 Å². The quantitative estimate of drug-likeness (QED) is 0.0362. The van der Waals surface area contributed by atoms with Crippen LogP contribution in [-0.2, 0) is 32.7 Å². The van der Waals surface area contributed by atoms with Gasteiger partial charge >= 0.3 is 19.8 Å². The van der Waals surface area contributed by atoms with Crippen LogP contribution in [0.4, 0.5) is 0 Å². The number of esters is 2. The van der Waals surface area contributed by atoms with Crippen molar-refractivity contribution in [1.82, 2.24) is 0 Å². The van der Waals surface area contributed by atoms with Crippen LogP contribution >= 0.6 is 7.82 Å². The zero-order valence-electron chi connectivity index (χ0n) is 26.0. The first kappa shape index (κ1) is 39.8. The number of carbonyl (C=O) groups excluding carboxylic acids is 2. The average molecular weight is 606 g/mol. The second-order valence-corrected chi connectivity index (χ2v) is 12.1. The molecule has 0 radical (unpaired) electrons. The van der Waals surface area contributed by atoms with Gasteiger partial charge in [-0.1, -0.05) is 103 Å². The van der Waals surface area contributed by atoms with E-state index in [0.717, 1.165) is 51.4 Å². The predicted molar refractivity (Wildman–Crippen MR) is 164 cm³/mol. The van der Waals surface area contributed by atoms with Gasteiger partial charge in [-0.15, -0.1) is 0 Å². The summed E-state index contributed by atoms with van der Waals surface area (Å²) in [7, 11) is -4.36. The first-order chi connectivity index (χ1) is 19.8. The third kappa shape index (κ3) is 28.6. The highest BCUT2D eigenvalue weighted by molar-refractivity contribution is 7.47. The van der Waals surface area contributed by atoms with E-state index in [9.17, 15) is 19.0 Å². The molecule has 0 aromatic carbocycles. The number of ether oxygens (including phenoxy) is 2. The molecule has 0 aliphatic heterocycles. The lowest BCUT2D eigenvalue weighted by molar-refractivity contribution is -0.161. The summed E-state index contributed by atoms with van der Waals surface area (Å²) in [5.74, 6) is -0.846. The zero-order chi connectivity index (χ0) is 30.4. The molecule has 0 aliphatic carbocycles. The van der Waals surface area contributed by atoms with Crippen molar-refractivity contribution in [2.24, 2.45) is 5.73 Å². The molecule has 3 N–H and O–H groups in total. The van der Waals surface area contributed by atoms with Crippen molar-refractivity contribution < 1.29 is 37.6 Å². The van der Waals surface area contributed by atoms with Crippen LogP contribution in [0.5, 0.6) is 0 Å². The Kier molecular flexibility index (Phi) is 28.0. The van der Waals surface area contributed by atoms with Crippen LogP contribution in [-0.4, -0.2) is 49.3 Å². The van der Waals surface area contributed by atoms with Gasteiger partial charge in [-0.2, -0.15) is 0 Å². The van der Waals surface area contributed by atoms with Crippen LogP contribution < -0.4 is 5.73 Å². The monoisotopic (exact) mass is 605 g/mol. The summed E-state index contributed by atoms with van der Waals surface area (Å²) in [5.41, 5.74) is 5.30. The Balaban J connectivity index is 4.30. The Bertz CT molecular complexity index is 704. The highest BCUT2D eigenvalue weighted by Crippen LogP contribution is 2.43. The Morgan fingerprint density at radius 2 is 1.20 bits per heavy atom. The molecule has 9 nitrogen and oxygen atoms in total. The fraction of sp³-hybridized carbons (Fsp3) is 0.871. The standard InChI is InChI=1S/C31H60NO8P/c1-3-5-7-9-11-12-13-14-15-16-18-20-22-24-31(34)40-29(28-39-41(35,36)38-26-25-32)27-37-30(33)23-21-19-17-10-8-6-4-2/h12-13,29H,3-11,14-28,32H2,1-2H3,(H,35,36)/b13-12-. The molecule has 2 unspecified atom stereocenters. The molecular formula is C31H60NO8P. The molecule has 0 aliphatic rings. The van der Waals surface area contributed by atoms with Crippen LogP contribution in [0, 0.1) is 0 Å². The highest BCUT2D eigenvalue weighted by Gasteiger charge is 2.25. The molecule has 0 amide bonds. The maximum atomic E-state index is 12.4. The summed E-state index contributed by atoms with van der Waals surface area (Å²) in [4.78, 5) is 34.3. The number of phosphoric acid groups is 1. The lowest BCUT2D eigenvalue weighted by atomic mass is 10.1. The lowest BCUT2D eigenvalue weighted by Crippen LogP contribution is -2.29. The summed E-state index contributed by atoms with van der Waals surface area (Å²) in [6, 6.07) is 0. The molecule has 0 aromatic heterocycles. The largest absolute Gasteiger partial charge is 0.472 e. The van der Waals surface area contributed by atoms with Gasteiger partial charge in [0, 0.05) is 19.4 Å². The fourth-order valence-corrected chi connectivity index (χ4v) is 4.98. The Hall–Kier alpha value is -1.25. The number of hydrogen-bond donors (Lipinski definition) is 2. The smallest absolute Gasteiger partial charge is 0.462 e. The van der Waals surface area contributed by atoms with Gasteiger partial charge in [0.05, 0.1) is 13.2 Å². The zero-order valence-corrected chi connectivity index (χ0v) is 26.9. The molecule has 0 rings (SSSR count). The highest BCUT2D eigenvalue weighted by atomic mass is 31.2. The number of rotatable bonds is 30. The van der Waals surface area contributed by atoms with Crippen LogP contribution in [0.2, 0.25) is 0 Å². The van der Waals surface area contributed by atoms with Crippen LogP contribution in [0.3, 0.4) is 0 Å². The Morgan fingerprint density at radius 3 is 1.76 bits per heavy atom. The molecule has 2 atom stereocenters. The molecule has 0 fully saturated rings. The number of unbranched alkanes of at least 4 members (excludes halogenated alkanes) is 15. The summed E-state index contributed by atoms with van der Waals surface area (Å²) < 4.78 is 32.4. The van der Waals surface area contributed by atoms with Crippen molar-refractivity contribution >= 4 is 19.8 Å². The van der Waals surface area contributed by atoms with Crippen molar-refractivity contribution in [2.75, 3.05) is 26.4 Å². The number of allylic oxidation sites excluding steroid dienone is 2. The minimum absolute atomic E-state index is 0.0539. The van der Waals surface area contributed by atoms with E-state index >= 15 is 0 Å². The van der Waals surface area contributed by atoms with Gasteiger partial charge in [0.15, 0.2) is 6.10 Å². The SMILES string of the molecule is CCCCCC/C=C\CCCCCCCC(=O)OC(COC(=O)CCCCCCCCC)COP(=O)(O)OCCN. The van der Waals surface area contributed by atoms with E-state index in [-0.39, 0.29) is 32.6 Å². The maximum Gasteiger partial charge on any atom is 0.472 e. The van der Waals surface area contributed by atoms with Gasteiger partial charge in [0.1, 0.15) is 6.61 Å². The molecule has 10 heteroatoms. The van der Waals surface area contributed by atoms with Gasteiger partial charge in [-0.25, -0.2) is 4.57 Å². The summed E-state index contributed by atoms with van der Waals surface area (Å²) in [5, 5.41) is 0. The normalized spacial score (nSPS) is 13.8. The van der Waals surface area contributed by atoms with E-state index in [2.05, 4.69) is 26.0 Å². The Labute approximate surface area is 249 Å². The number of carbonyl (C=O) groups is 2. The van der Waals surface area contributed by atoms with E-state index in [4.69, 9.17) is 24.3 Å². The van der Waals surface area contributed by atoms with Gasteiger partial charge in [0.2, 0.25) is 0 Å². The Morgan fingerprint density at radius 1 is 0.707 bits per heavy atom. The second-order valence-electron chi connectivity index (χ2n) is 10.7. The van der Waals surface area contributed by atoms with Gasteiger partial charge < -0.3 is 20.1 Å². The molecular weight excluding hydrogens is 545 g/mol. The molecule has 0 bridgehead atoms. The predicted octanol–water partition coefficient (Wildman–Crippen LogP) is 7.93. The van der Waals surface area contributed by atoms with E-state index < -0.39 is 32.5 Å². The summed E-state index contributed by atoms with van der Waals surface area (Å²) in [6.45, 7) is 3.63. The lowest BCUT2D eigenvalue weighted by Gasteiger charge is -2.19. The third-order valence-electron chi connectivity index (χ3n) is 6.65. The van der Waals surface area contributed by atoms with Crippen molar-refractivity contribution in [3.63, 3.8) is 0 Å². The van der Waals surface area contributed by atoms with Gasteiger partial charge in [-0.05, 0) is 38.5 Å². The van der Waals surface area contributed by atoms with Gasteiger partial charge in [0.25, 0.3) is 0 Å². The van der Waals surface area contributed by atoms with Crippen LogP contribution in [0.1, 0.15) is 142 Å². The van der Waals surface area contributed by atoms with E-state index in [0.29, 0.717) is 6.42 Å². The summed E-state index contributed by atoms with van der Waals surface area (Å²) >= 11 is 0. The second kappa shape index (κ2) is 28.9. The third-order valence-corrected chi connectivity index (χ3v) is 7.64. The molecule has 0 saturated heterocycles. The molecule has 0 spiro atoms. The van der Waals surface area contributed by atoms with E-state index in [1.807, 2.05) is 0 Å². The minimum atomic E-state index is -4.36.